The number of carbonyl (C=O) groups is 1. The molecular formula is C25H25F4N5O. The Morgan fingerprint density at radius 3 is 2.34 bits per heavy atom. The van der Waals surface area contributed by atoms with Crippen LogP contribution < -0.4 is 5.32 Å². The van der Waals surface area contributed by atoms with E-state index in [9.17, 15) is 22.4 Å². The summed E-state index contributed by atoms with van der Waals surface area (Å²) in [5, 5.41) is 7.12. The van der Waals surface area contributed by atoms with Crippen molar-refractivity contribution >= 4 is 11.7 Å². The van der Waals surface area contributed by atoms with Crippen molar-refractivity contribution in [1.82, 2.24) is 19.6 Å². The van der Waals surface area contributed by atoms with Gasteiger partial charge in [0.25, 0.3) is 5.91 Å². The Hall–Kier alpha value is -3.40. The molecule has 1 amide bonds. The van der Waals surface area contributed by atoms with Crippen molar-refractivity contribution in [3.8, 4) is 0 Å². The molecule has 1 N–H and O–H groups in total. The number of hydrogen-bond acceptors (Lipinski definition) is 4. The van der Waals surface area contributed by atoms with Crippen molar-refractivity contribution in [2.75, 3.05) is 31.5 Å². The van der Waals surface area contributed by atoms with Gasteiger partial charge in [0.2, 0.25) is 0 Å². The zero-order chi connectivity index (χ0) is 24.6. The number of piperazine rings is 1. The fourth-order valence-electron chi connectivity index (χ4n) is 4.70. The van der Waals surface area contributed by atoms with E-state index < -0.39 is 24.1 Å². The molecule has 0 saturated carbocycles. The molecule has 3 heterocycles. The first-order valence-corrected chi connectivity index (χ1v) is 11.5. The number of anilines is 1. The summed E-state index contributed by atoms with van der Waals surface area (Å²) in [5.74, 6) is -0.718. The molecule has 0 unspecified atom stereocenters. The molecule has 35 heavy (non-hydrogen) atoms. The maximum absolute atomic E-state index is 13.9. The van der Waals surface area contributed by atoms with E-state index >= 15 is 0 Å². The predicted molar refractivity (Wildman–Crippen MR) is 122 cm³/mol. The molecule has 2 aliphatic rings. The van der Waals surface area contributed by atoms with Gasteiger partial charge in [0, 0.05) is 45.2 Å². The number of alkyl halides is 3. The Balaban J connectivity index is 1.30. The molecule has 5 rings (SSSR count). The van der Waals surface area contributed by atoms with Gasteiger partial charge in [-0.2, -0.15) is 18.3 Å². The molecule has 1 aromatic heterocycles. The molecule has 2 aromatic carbocycles. The number of benzene rings is 2. The van der Waals surface area contributed by atoms with Crippen LogP contribution in [0.15, 0.2) is 60.7 Å². The van der Waals surface area contributed by atoms with Crippen LogP contribution in [0.5, 0.6) is 0 Å². The summed E-state index contributed by atoms with van der Waals surface area (Å²) in [5.41, 5.74) is 1.71. The Bertz CT molecular complexity index is 1170. The monoisotopic (exact) mass is 487 g/mol. The molecule has 3 aromatic rings. The van der Waals surface area contributed by atoms with E-state index in [0.717, 1.165) is 11.2 Å². The van der Waals surface area contributed by atoms with Crippen LogP contribution in [0.25, 0.3) is 0 Å². The SMILES string of the molecule is O=C(c1cc2n(n1)[C@H](C(F)(F)F)C[C@@H](c1ccc(F)cc1)N2)N1CCN(Cc2ccccc2)CC1. The highest BCUT2D eigenvalue weighted by atomic mass is 19.4. The lowest BCUT2D eigenvalue weighted by atomic mass is 9.97. The van der Waals surface area contributed by atoms with Crippen LogP contribution in [-0.2, 0) is 6.54 Å². The molecule has 1 fully saturated rings. The lowest BCUT2D eigenvalue weighted by Crippen LogP contribution is -2.48. The summed E-state index contributed by atoms with van der Waals surface area (Å²) < 4.78 is 55.9. The highest BCUT2D eigenvalue weighted by Crippen LogP contribution is 2.43. The van der Waals surface area contributed by atoms with Gasteiger partial charge in [-0.1, -0.05) is 42.5 Å². The highest BCUT2D eigenvalue weighted by molar-refractivity contribution is 5.93. The first-order valence-electron chi connectivity index (χ1n) is 11.5. The van der Waals surface area contributed by atoms with E-state index in [1.54, 1.807) is 4.90 Å². The van der Waals surface area contributed by atoms with Crippen LogP contribution >= 0.6 is 0 Å². The van der Waals surface area contributed by atoms with Crippen LogP contribution in [0.4, 0.5) is 23.4 Å². The molecule has 0 bridgehead atoms. The van der Waals surface area contributed by atoms with Crippen LogP contribution in [-0.4, -0.2) is 57.8 Å². The lowest BCUT2D eigenvalue weighted by Gasteiger charge is -2.34. The fraction of sp³-hybridized carbons (Fsp3) is 0.360. The topological polar surface area (TPSA) is 53.4 Å². The summed E-state index contributed by atoms with van der Waals surface area (Å²) >= 11 is 0. The van der Waals surface area contributed by atoms with Gasteiger partial charge in [-0.05, 0) is 23.3 Å². The van der Waals surface area contributed by atoms with Gasteiger partial charge < -0.3 is 10.2 Å². The van der Waals surface area contributed by atoms with E-state index in [0.29, 0.717) is 31.7 Å². The van der Waals surface area contributed by atoms with Gasteiger partial charge in [0.1, 0.15) is 11.6 Å². The van der Waals surface area contributed by atoms with Crippen molar-refractivity contribution in [1.29, 1.82) is 0 Å². The Morgan fingerprint density at radius 2 is 1.69 bits per heavy atom. The largest absolute Gasteiger partial charge is 0.410 e. The molecule has 0 radical (unpaired) electrons. The predicted octanol–water partition coefficient (Wildman–Crippen LogP) is 4.64. The van der Waals surface area contributed by atoms with Crippen LogP contribution in [0.3, 0.4) is 0 Å². The number of hydrogen-bond donors (Lipinski definition) is 1. The number of fused-ring (bicyclic) bond motifs is 1. The third-order valence-electron chi connectivity index (χ3n) is 6.59. The number of amides is 1. The molecule has 2 atom stereocenters. The van der Waals surface area contributed by atoms with Crippen LogP contribution in [0, 0.1) is 5.82 Å². The van der Waals surface area contributed by atoms with Gasteiger partial charge in [0.15, 0.2) is 11.7 Å². The molecule has 0 spiro atoms. The molecule has 0 aliphatic carbocycles. The summed E-state index contributed by atoms with van der Waals surface area (Å²) in [6, 6.07) is 14.2. The van der Waals surface area contributed by atoms with E-state index in [1.807, 2.05) is 18.2 Å². The molecule has 10 heteroatoms. The molecule has 2 aliphatic heterocycles. The van der Waals surface area contributed by atoms with Crippen molar-refractivity contribution in [2.45, 2.75) is 31.2 Å². The van der Waals surface area contributed by atoms with Crippen LogP contribution in [0.1, 0.15) is 40.1 Å². The third kappa shape index (κ3) is 5.02. The first kappa shape index (κ1) is 23.3. The number of rotatable bonds is 4. The molecule has 184 valence electrons. The molecule has 1 saturated heterocycles. The minimum atomic E-state index is -4.55. The van der Waals surface area contributed by atoms with Gasteiger partial charge in [-0.3, -0.25) is 9.69 Å². The van der Waals surface area contributed by atoms with E-state index in [1.165, 1.54) is 35.9 Å². The minimum absolute atomic E-state index is 0.0157. The quantitative estimate of drug-likeness (QED) is 0.545. The molecular weight excluding hydrogens is 462 g/mol. The second-order valence-electron chi connectivity index (χ2n) is 8.95. The zero-order valence-electron chi connectivity index (χ0n) is 18.9. The standard InChI is InChI=1S/C25H25F4N5O/c26-19-8-6-18(7-9-19)20-14-22(25(27,28)29)34-23(30-20)15-21(31-34)24(35)33-12-10-32(11-13-33)16-17-4-2-1-3-5-17/h1-9,15,20,22,30H,10-14,16H2/t20-,22-/m0/s1. The summed E-state index contributed by atoms with van der Waals surface area (Å²) in [4.78, 5) is 17.0. The number of nitrogens with zero attached hydrogens (tertiary/aromatic N) is 4. The number of nitrogens with one attached hydrogen (secondary N) is 1. The highest BCUT2D eigenvalue weighted by Gasteiger charge is 2.47. The zero-order valence-corrected chi connectivity index (χ0v) is 18.9. The second kappa shape index (κ2) is 9.33. The Morgan fingerprint density at radius 1 is 1.00 bits per heavy atom. The number of aromatic nitrogens is 2. The maximum Gasteiger partial charge on any atom is 0.410 e. The van der Waals surface area contributed by atoms with Gasteiger partial charge in [-0.15, -0.1) is 0 Å². The Kier molecular flexibility index (Phi) is 6.22. The summed E-state index contributed by atoms with van der Waals surface area (Å²) in [6.45, 7) is 3.07. The van der Waals surface area contributed by atoms with Crippen molar-refractivity contribution in [2.24, 2.45) is 0 Å². The minimum Gasteiger partial charge on any atom is -0.363 e. The van der Waals surface area contributed by atoms with Gasteiger partial charge in [-0.25, -0.2) is 9.07 Å². The van der Waals surface area contributed by atoms with E-state index in [4.69, 9.17) is 0 Å². The average molecular weight is 488 g/mol. The van der Waals surface area contributed by atoms with Crippen molar-refractivity contribution in [3.05, 3.63) is 83.3 Å². The normalized spacial score (nSPS) is 20.9. The van der Waals surface area contributed by atoms with Crippen molar-refractivity contribution < 1.29 is 22.4 Å². The smallest absolute Gasteiger partial charge is 0.363 e. The first-order chi connectivity index (χ1) is 16.8. The third-order valence-corrected chi connectivity index (χ3v) is 6.59. The number of carbonyl (C=O) groups excluding carboxylic acids is 1. The van der Waals surface area contributed by atoms with Gasteiger partial charge >= 0.3 is 6.18 Å². The Labute approximate surface area is 200 Å². The molecule has 6 nitrogen and oxygen atoms in total. The van der Waals surface area contributed by atoms with Crippen LogP contribution in [0.2, 0.25) is 0 Å². The van der Waals surface area contributed by atoms with E-state index in [-0.39, 0.29) is 23.8 Å². The lowest BCUT2D eigenvalue weighted by molar-refractivity contribution is -0.173. The fourth-order valence-corrected chi connectivity index (χ4v) is 4.70. The average Bonchev–Trinajstić information content (AvgIpc) is 3.28. The summed E-state index contributed by atoms with van der Waals surface area (Å²) in [7, 11) is 0. The summed E-state index contributed by atoms with van der Waals surface area (Å²) in [6.07, 6.45) is -4.86. The maximum atomic E-state index is 13.9. The van der Waals surface area contributed by atoms with Crippen molar-refractivity contribution in [3.63, 3.8) is 0 Å². The number of halogens is 4. The van der Waals surface area contributed by atoms with E-state index in [2.05, 4.69) is 27.4 Å². The van der Waals surface area contributed by atoms with Gasteiger partial charge in [0.05, 0.1) is 6.04 Å². The second-order valence-corrected chi connectivity index (χ2v) is 8.95.